The van der Waals surface area contributed by atoms with Gasteiger partial charge in [0.15, 0.2) is 0 Å². The van der Waals surface area contributed by atoms with E-state index in [4.69, 9.17) is 0 Å². The number of likely N-dealkylation sites (tertiary alicyclic amines) is 2. The van der Waals surface area contributed by atoms with Crippen molar-refractivity contribution in [2.45, 2.75) is 51.1 Å². The van der Waals surface area contributed by atoms with Gasteiger partial charge in [-0.2, -0.15) is 11.3 Å². The van der Waals surface area contributed by atoms with E-state index in [-0.39, 0.29) is 5.91 Å². The van der Waals surface area contributed by atoms with E-state index in [0.29, 0.717) is 30.3 Å². The molecule has 4 nitrogen and oxygen atoms in total. The molecule has 4 rings (SSSR count). The predicted molar refractivity (Wildman–Crippen MR) is 86.0 cm³/mol. The molecular formula is C17H22N2O2S. The third kappa shape index (κ3) is 2.35. The minimum absolute atomic E-state index is 0.173. The van der Waals surface area contributed by atoms with Crippen molar-refractivity contribution in [3.63, 3.8) is 0 Å². The maximum atomic E-state index is 12.7. The second-order valence-electron chi connectivity index (χ2n) is 6.91. The van der Waals surface area contributed by atoms with Gasteiger partial charge < -0.3 is 9.80 Å². The highest BCUT2D eigenvalue weighted by Crippen LogP contribution is 2.39. The monoisotopic (exact) mass is 318 g/mol. The smallest absolute Gasteiger partial charge is 0.254 e. The molecule has 3 fully saturated rings. The molecule has 0 bridgehead atoms. The normalized spacial score (nSPS) is 28.7. The van der Waals surface area contributed by atoms with E-state index in [9.17, 15) is 9.59 Å². The van der Waals surface area contributed by atoms with Gasteiger partial charge in [-0.1, -0.05) is 0 Å². The van der Waals surface area contributed by atoms with Crippen LogP contribution in [0.15, 0.2) is 10.8 Å². The summed E-state index contributed by atoms with van der Waals surface area (Å²) in [5.74, 6) is 0.985. The fourth-order valence-electron chi connectivity index (χ4n) is 4.05. The van der Waals surface area contributed by atoms with Crippen LogP contribution in [0.1, 0.15) is 48.0 Å². The molecule has 1 saturated carbocycles. The van der Waals surface area contributed by atoms with Crippen molar-refractivity contribution in [3.05, 3.63) is 21.9 Å². The molecule has 118 valence electrons. The highest BCUT2D eigenvalue weighted by Gasteiger charge is 2.45. The van der Waals surface area contributed by atoms with Gasteiger partial charge in [0.2, 0.25) is 5.91 Å². The van der Waals surface area contributed by atoms with E-state index in [1.165, 1.54) is 12.8 Å². The average Bonchev–Trinajstić information content (AvgIpc) is 3.26. The first-order valence-corrected chi connectivity index (χ1v) is 9.22. The van der Waals surface area contributed by atoms with Crippen LogP contribution in [0.4, 0.5) is 0 Å². The van der Waals surface area contributed by atoms with Gasteiger partial charge in [0.1, 0.15) is 0 Å². The minimum atomic E-state index is 0.173. The van der Waals surface area contributed by atoms with E-state index in [1.807, 2.05) is 22.6 Å². The standard InChI is InChI=1S/C17H22N2O2S/c1-11-9-22-10-14(11)17(21)18-7-6-15-12(8-18)2-5-16(20)19(15)13-3-4-13/h9-10,12-13,15H,2-8H2,1H3. The fourth-order valence-corrected chi connectivity index (χ4v) is 4.88. The Bertz CT molecular complexity index is 608. The molecule has 2 amide bonds. The fraction of sp³-hybridized carbons (Fsp3) is 0.647. The number of hydrogen-bond donors (Lipinski definition) is 0. The summed E-state index contributed by atoms with van der Waals surface area (Å²) >= 11 is 1.59. The van der Waals surface area contributed by atoms with Gasteiger partial charge in [-0.25, -0.2) is 0 Å². The number of carbonyl (C=O) groups excluding carboxylic acids is 2. The molecule has 0 spiro atoms. The molecule has 1 aromatic heterocycles. The summed E-state index contributed by atoms with van der Waals surface area (Å²) in [5.41, 5.74) is 1.94. The van der Waals surface area contributed by atoms with Gasteiger partial charge in [0.05, 0.1) is 5.56 Å². The molecule has 0 N–H and O–H groups in total. The van der Waals surface area contributed by atoms with Crippen molar-refractivity contribution >= 4 is 23.2 Å². The van der Waals surface area contributed by atoms with Crippen LogP contribution in [-0.2, 0) is 4.79 Å². The number of fused-ring (bicyclic) bond motifs is 1. The molecule has 3 aliphatic rings. The summed E-state index contributed by atoms with van der Waals surface area (Å²) in [5, 5.41) is 4.00. The molecule has 3 heterocycles. The van der Waals surface area contributed by atoms with Crippen molar-refractivity contribution in [2.24, 2.45) is 5.92 Å². The SMILES string of the molecule is Cc1cscc1C(=O)N1CCC2C(CCC(=O)N2C2CC2)C1. The van der Waals surface area contributed by atoms with E-state index in [0.717, 1.165) is 37.1 Å². The minimum Gasteiger partial charge on any atom is -0.338 e. The Morgan fingerprint density at radius 2 is 2.05 bits per heavy atom. The zero-order valence-corrected chi connectivity index (χ0v) is 13.8. The van der Waals surface area contributed by atoms with Crippen molar-refractivity contribution in [2.75, 3.05) is 13.1 Å². The van der Waals surface area contributed by atoms with Gasteiger partial charge in [-0.05, 0) is 49.5 Å². The van der Waals surface area contributed by atoms with Gasteiger partial charge in [-0.15, -0.1) is 0 Å². The van der Waals surface area contributed by atoms with Gasteiger partial charge in [0, 0.05) is 37.0 Å². The lowest BCUT2D eigenvalue weighted by Crippen LogP contribution is -2.57. The van der Waals surface area contributed by atoms with E-state index in [2.05, 4.69) is 4.90 Å². The molecular weight excluding hydrogens is 296 g/mol. The summed E-state index contributed by atoms with van der Waals surface area (Å²) in [6.07, 6.45) is 4.90. The quantitative estimate of drug-likeness (QED) is 0.841. The van der Waals surface area contributed by atoms with Crippen LogP contribution in [0.3, 0.4) is 0 Å². The number of carbonyl (C=O) groups is 2. The third-order valence-corrected chi connectivity index (χ3v) is 6.24. The van der Waals surface area contributed by atoms with Gasteiger partial charge in [0.25, 0.3) is 5.91 Å². The Morgan fingerprint density at radius 3 is 2.73 bits per heavy atom. The average molecular weight is 318 g/mol. The molecule has 2 aliphatic heterocycles. The number of hydrogen-bond acceptors (Lipinski definition) is 3. The topological polar surface area (TPSA) is 40.6 Å². The van der Waals surface area contributed by atoms with Gasteiger partial charge >= 0.3 is 0 Å². The van der Waals surface area contributed by atoms with Crippen molar-refractivity contribution in [1.82, 2.24) is 9.80 Å². The van der Waals surface area contributed by atoms with Gasteiger partial charge in [-0.3, -0.25) is 9.59 Å². The van der Waals surface area contributed by atoms with Crippen LogP contribution < -0.4 is 0 Å². The molecule has 1 aromatic rings. The van der Waals surface area contributed by atoms with Crippen LogP contribution in [0.5, 0.6) is 0 Å². The molecule has 0 aromatic carbocycles. The highest BCUT2D eigenvalue weighted by atomic mass is 32.1. The molecule has 22 heavy (non-hydrogen) atoms. The zero-order chi connectivity index (χ0) is 15.3. The van der Waals surface area contributed by atoms with Crippen molar-refractivity contribution in [3.8, 4) is 0 Å². The Hall–Kier alpha value is -1.36. The highest BCUT2D eigenvalue weighted by molar-refractivity contribution is 7.08. The van der Waals surface area contributed by atoms with Crippen LogP contribution in [0, 0.1) is 12.8 Å². The molecule has 1 aliphatic carbocycles. The molecule has 2 unspecified atom stereocenters. The third-order valence-electron chi connectivity index (χ3n) is 5.38. The zero-order valence-electron chi connectivity index (χ0n) is 13.0. The Balaban J connectivity index is 1.49. The van der Waals surface area contributed by atoms with Crippen LogP contribution in [0.2, 0.25) is 0 Å². The number of thiophene rings is 1. The van der Waals surface area contributed by atoms with Crippen molar-refractivity contribution in [1.29, 1.82) is 0 Å². The Labute approximate surface area is 135 Å². The Morgan fingerprint density at radius 1 is 1.23 bits per heavy atom. The first kappa shape index (κ1) is 14.2. The summed E-state index contributed by atoms with van der Waals surface area (Å²) < 4.78 is 0. The molecule has 2 atom stereocenters. The first-order valence-electron chi connectivity index (χ1n) is 8.28. The second kappa shape index (κ2) is 5.37. The van der Waals surface area contributed by atoms with Crippen LogP contribution in [-0.4, -0.2) is 46.8 Å². The predicted octanol–water partition coefficient (Wildman–Crippen LogP) is 2.67. The van der Waals surface area contributed by atoms with E-state index >= 15 is 0 Å². The summed E-state index contributed by atoms with van der Waals surface area (Å²) in [4.78, 5) is 29.1. The lowest BCUT2D eigenvalue weighted by atomic mass is 9.83. The Kier molecular flexibility index (Phi) is 3.48. The summed E-state index contributed by atoms with van der Waals surface area (Å²) in [6.45, 7) is 3.60. The maximum absolute atomic E-state index is 12.7. The largest absolute Gasteiger partial charge is 0.338 e. The lowest BCUT2D eigenvalue weighted by molar-refractivity contribution is -0.141. The van der Waals surface area contributed by atoms with Crippen LogP contribution in [0.25, 0.3) is 0 Å². The number of rotatable bonds is 2. The first-order chi connectivity index (χ1) is 10.6. The van der Waals surface area contributed by atoms with Crippen LogP contribution >= 0.6 is 11.3 Å². The molecule has 5 heteroatoms. The van der Waals surface area contributed by atoms with E-state index < -0.39 is 0 Å². The summed E-state index contributed by atoms with van der Waals surface area (Å²) in [6, 6.07) is 0.878. The number of piperidine rings is 2. The van der Waals surface area contributed by atoms with Crippen molar-refractivity contribution < 1.29 is 9.59 Å². The molecule has 0 radical (unpaired) electrons. The van der Waals surface area contributed by atoms with E-state index in [1.54, 1.807) is 11.3 Å². The number of nitrogens with zero attached hydrogens (tertiary/aromatic N) is 2. The number of aryl methyl sites for hydroxylation is 1. The maximum Gasteiger partial charge on any atom is 0.254 e. The summed E-state index contributed by atoms with van der Waals surface area (Å²) in [7, 11) is 0. The molecule has 2 saturated heterocycles. The second-order valence-corrected chi connectivity index (χ2v) is 7.65. The lowest BCUT2D eigenvalue weighted by Gasteiger charge is -2.47. The number of amides is 2.